The van der Waals surface area contributed by atoms with Gasteiger partial charge in [-0.05, 0) is 31.4 Å². The van der Waals surface area contributed by atoms with Crippen LogP contribution in [0, 0.1) is 5.92 Å². The Morgan fingerprint density at radius 3 is 3.00 bits per heavy atom. The highest BCUT2D eigenvalue weighted by atomic mass is 16.3. The number of nitrogens with one attached hydrogen (secondary N) is 1. The van der Waals surface area contributed by atoms with Crippen molar-refractivity contribution >= 4 is 33.8 Å². The molecule has 0 spiro atoms. The molecule has 2 atom stereocenters. The lowest BCUT2D eigenvalue weighted by Gasteiger charge is -2.39. The third-order valence-electron chi connectivity index (χ3n) is 5.51. The number of anilines is 1. The molecule has 6 nitrogen and oxygen atoms in total. The fraction of sp³-hybridized carbons (Fsp3) is 0.421. The van der Waals surface area contributed by atoms with E-state index in [-0.39, 0.29) is 5.91 Å². The molecule has 2 aliphatic rings. The predicted octanol–water partition coefficient (Wildman–Crippen LogP) is 2.87. The zero-order valence-electron chi connectivity index (χ0n) is 13.9. The smallest absolute Gasteiger partial charge is 0.220 e. The van der Waals surface area contributed by atoms with Gasteiger partial charge in [-0.1, -0.05) is 12.1 Å². The van der Waals surface area contributed by atoms with E-state index in [0.717, 1.165) is 53.8 Å². The molecule has 3 aromatic rings. The molecule has 0 radical (unpaired) electrons. The zero-order chi connectivity index (χ0) is 16.8. The quantitative estimate of drug-likeness (QED) is 0.779. The molecule has 1 amide bonds. The molecule has 0 unspecified atom stereocenters. The van der Waals surface area contributed by atoms with Crippen molar-refractivity contribution in [3.05, 3.63) is 30.6 Å². The standard InChI is InChI=1S/C19H20N4O2/c24-16-9-12(10-20-16)14-6-3-4-8-23(14)19-18-17(21-11-22-19)13-5-1-2-7-15(13)25-18/h1-2,5,7,11-12,14H,3-4,6,8-10H2,(H,20,24)/t12-,14+/m1/s1. The minimum Gasteiger partial charge on any atom is -0.450 e. The van der Waals surface area contributed by atoms with Crippen molar-refractivity contribution in [1.29, 1.82) is 0 Å². The Morgan fingerprint density at radius 1 is 1.20 bits per heavy atom. The topological polar surface area (TPSA) is 71.3 Å². The van der Waals surface area contributed by atoms with Crippen LogP contribution in [0.5, 0.6) is 0 Å². The number of amides is 1. The van der Waals surface area contributed by atoms with Crippen LogP contribution in [0.4, 0.5) is 5.82 Å². The normalized spacial score (nSPS) is 24.2. The summed E-state index contributed by atoms with van der Waals surface area (Å²) in [5, 5.41) is 4.00. The summed E-state index contributed by atoms with van der Waals surface area (Å²) >= 11 is 0. The lowest BCUT2D eigenvalue weighted by atomic mass is 9.89. The molecule has 0 aliphatic carbocycles. The SMILES string of the molecule is O=C1C[C@@H]([C@@H]2CCCCN2c2ncnc3c2oc2ccccc23)CN1. The Kier molecular flexibility index (Phi) is 3.36. The number of rotatable bonds is 2. The second-order valence-corrected chi connectivity index (χ2v) is 7.00. The Morgan fingerprint density at radius 2 is 2.12 bits per heavy atom. The van der Waals surface area contributed by atoms with E-state index < -0.39 is 0 Å². The highest BCUT2D eigenvalue weighted by molar-refractivity contribution is 6.05. The first-order chi connectivity index (χ1) is 12.3. The van der Waals surface area contributed by atoms with Crippen LogP contribution in [0.1, 0.15) is 25.7 Å². The van der Waals surface area contributed by atoms with Crippen LogP contribution in [-0.4, -0.2) is 35.0 Å². The molecular weight excluding hydrogens is 316 g/mol. The predicted molar refractivity (Wildman–Crippen MR) is 95.4 cm³/mol. The molecule has 0 saturated carbocycles. The van der Waals surface area contributed by atoms with Gasteiger partial charge < -0.3 is 14.6 Å². The lowest BCUT2D eigenvalue weighted by molar-refractivity contribution is -0.119. The Labute approximate surface area is 145 Å². The van der Waals surface area contributed by atoms with Crippen molar-refractivity contribution in [1.82, 2.24) is 15.3 Å². The number of furan rings is 1. The van der Waals surface area contributed by atoms with Crippen LogP contribution < -0.4 is 10.2 Å². The Balaban J connectivity index is 1.62. The third-order valence-corrected chi connectivity index (χ3v) is 5.51. The van der Waals surface area contributed by atoms with Gasteiger partial charge in [0.2, 0.25) is 5.91 Å². The molecule has 2 aliphatic heterocycles. The van der Waals surface area contributed by atoms with Crippen molar-refractivity contribution in [2.24, 2.45) is 5.92 Å². The fourth-order valence-electron chi connectivity index (χ4n) is 4.33. The highest BCUT2D eigenvalue weighted by Crippen LogP contribution is 2.37. The number of piperidine rings is 1. The second-order valence-electron chi connectivity index (χ2n) is 7.00. The van der Waals surface area contributed by atoms with Gasteiger partial charge in [0, 0.05) is 36.9 Å². The molecule has 2 fully saturated rings. The van der Waals surface area contributed by atoms with Gasteiger partial charge in [-0.25, -0.2) is 9.97 Å². The molecule has 1 aromatic carbocycles. The number of para-hydroxylation sites is 1. The highest BCUT2D eigenvalue weighted by Gasteiger charge is 2.36. The van der Waals surface area contributed by atoms with E-state index in [2.05, 4.69) is 20.2 Å². The first kappa shape index (κ1) is 14.7. The van der Waals surface area contributed by atoms with Crippen molar-refractivity contribution in [3.63, 3.8) is 0 Å². The molecule has 2 aromatic heterocycles. The van der Waals surface area contributed by atoms with Crippen molar-refractivity contribution in [2.75, 3.05) is 18.0 Å². The van der Waals surface area contributed by atoms with E-state index in [0.29, 0.717) is 18.4 Å². The van der Waals surface area contributed by atoms with Crippen LogP contribution in [0.25, 0.3) is 22.1 Å². The van der Waals surface area contributed by atoms with Gasteiger partial charge in [0.15, 0.2) is 11.4 Å². The van der Waals surface area contributed by atoms with Crippen molar-refractivity contribution < 1.29 is 9.21 Å². The number of nitrogens with zero attached hydrogens (tertiary/aromatic N) is 3. The molecule has 0 bridgehead atoms. The molecular formula is C19H20N4O2. The summed E-state index contributed by atoms with van der Waals surface area (Å²) in [6, 6.07) is 8.29. The number of aromatic nitrogens is 2. The molecule has 6 heteroatoms. The first-order valence-electron chi connectivity index (χ1n) is 8.97. The molecule has 128 valence electrons. The maximum absolute atomic E-state index is 11.7. The van der Waals surface area contributed by atoms with E-state index in [1.54, 1.807) is 6.33 Å². The molecule has 1 N–H and O–H groups in total. The summed E-state index contributed by atoms with van der Waals surface area (Å²) in [7, 11) is 0. The average molecular weight is 336 g/mol. The summed E-state index contributed by atoms with van der Waals surface area (Å²) in [6.07, 6.45) is 5.65. The van der Waals surface area contributed by atoms with E-state index >= 15 is 0 Å². The van der Waals surface area contributed by atoms with Crippen LogP contribution in [0.3, 0.4) is 0 Å². The van der Waals surface area contributed by atoms with Crippen molar-refractivity contribution in [3.8, 4) is 0 Å². The Bertz CT molecular complexity index is 951. The molecule has 2 saturated heterocycles. The second kappa shape index (κ2) is 5.72. The maximum atomic E-state index is 11.7. The van der Waals surface area contributed by atoms with E-state index in [1.165, 1.54) is 6.42 Å². The number of hydrogen-bond acceptors (Lipinski definition) is 5. The summed E-state index contributed by atoms with van der Waals surface area (Å²) in [5.74, 6) is 1.36. The first-order valence-corrected chi connectivity index (χ1v) is 8.97. The minimum atomic E-state index is 0.159. The monoisotopic (exact) mass is 336 g/mol. The van der Waals surface area contributed by atoms with E-state index in [4.69, 9.17) is 4.42 Å². The molecule has 25 heavy (non-hydrogen) atoms. The Hall–Kier alpha value is -2.63. The van der Waals surface area contributed by atoms with Gasteiger partial charge in [0.05, 0.1) is 0 Å². The zero-order valence-corrected chi connectivity index (χ0v) is 13.9. The maximum Gasteiger partial charge on any atom is 0.220 e. The van der Waals surface area contributed by atoms with Gasteiger partial charge in [-0.3, -0.25) is 4.79 Å². The van der Waals surface area contributed by atoms with Crippen LogP contribution >= 0.6 is 0 Å². The van der Waals surface area contributed by atoms with Crippen LogP contribution in [-0.2, 0) is 4.79 Å². The van der Waals surface area contributed by atoms with Crippen LogP contribution in [0.15, 0.2) is 35.0 Å². The van der Waals surface area contributed by atoms with E-state index in [9.17, 15) is 4.79 Å². The number of fused-ring (bicyclic) bond motifs is 3. The van der Waals surface area contributed by atoms with Crippen molar-refractivity contribution in [2.45, 2.75) is 31.7 Å². The van der Waals surface area contributed by atoms with Gasteiger partial charge >= 0.3 is 0 Å². The van der Waals surface area contributed by atoms with Gasteiger partial charge in [0.1, 0.15) is 17.4 Å². The third kappa shape index (κ3) is 2.35. The minimum absolute atomic E-state index is 0.159. The molecule has 5 rings (SSSR count). The van der Waals surface area contributed by atoms with Gasteiger partial charge in [-0.15, -0.1) is 0 Å². The summed E-state index contributed by atoms with van der Waals surface area (Å²) in [6.45, 7) is 1.70. The fourth-order valence-corrected chi connectivity index (χ4v) is 4.33. The summed E-state index contributed by atoms with van der Waals surface area (Å²) < 4.78 is 6.12. The largest absolute Gasteiger partial charge is 0.450 e. The molecule has 4 heterocycles. The van der Waals surface area contributed by atoms with Gasteiger partial charge in [-0.2, -0.15) is 0 Å². The number of hydrogen-bond donors (Lipinski definition) is 1. The number of carbonyl (C=O) groups is 1. The summed E-state index contributed by atoms with van der Waals surface area (Å²) in [4.78, 5) is 23.1. The number of carbonyl (C=O) groups excluding carboxylic acids is 1. The summed E-state index contributed by atoms with van der Waals surface area (Å²) in [5.41, 5.74) is 2.46. The van der Waals surface area contributed by atoms with Crippen LogP contribution in [0.2, 0.25) is 0 Å². The average Bonchev–Trinajstić information content (AvgIpc) is 3.25. The van der Waals surface area contributed by atoms with E-state index in [1.807, 2.05) is 24.3 Å². The lowest BCUT2D eigenvalue weighted by Crippen LogP contribution is -2.45. The number of benzene rings is 1. The van der Waals surface area contributed by atoms with Gasteiger partial charge in [0.25, 0.3) is 0 Å².